The largest absolute Gasteiger partial charge is 0.445 e. The summed E-state index contributed by atoms with van der Waals surface area (Å²) in [6.07, 6.45) is -1.21. The van der Waals surface area contributed by atoms with Gasteiger partial charge in [0.1, 0.15) is 0 Å². The number of ether oxygens (including phenoxy) is 1. The van der Waals surface area contributed by atoms with Crippen molar-refractivity contribution in [2.24, 2.45) is 0 Å². The number of Topliss-reactive ketones (excluding diaryl/α,β-unsaturated/α-hetero) is 1. The standard InChI is InChI=1S/C22H17NO5/c1-15-7-5-6-10-19(15)22(25)28-21(20(24)16-8-3-2-4-9-16)17-11-13-18(14-12-17)23(26)27/h2-14,21H,1H3/t21-/m0/s1. The number of benzene rings is 3. The molecule has 28 heavy (non-hydrogen) atoms. The van der Waals surface area contributed by atoms with Crippen LogP contribution in [0.25, 0.3) is 0 Å². The maximum atomic E-state index is 13.0. The van der Waals surface area contributed by atoms with Crippen molar-refractivity contribution in [3.63, 3.8) is 0 Å². The molecule has 0 heterocycles. The van der Waals surface area contributed by atoms with Crippen molar-refractivity contribution in [2.45, 2.75) is 13.0 Å². The van der Waals surface area contributed by atoms with E-state index >= 15 is 0 Å². The molecule has 3 rings (SSSR count). The lowest BCUT2D eigenvalue weighted by atomic mass is 9.99. The van der Waals surface area contributed by atoms with Crippen LogP contribution < -0.4 is 0 Å². The summed E-state index contributed by atoms with van der Waals surface area (Å²) in [5, 5.41) is 10.9. The fourth-order valence-electron chi connectivity index (χ4n) is 2.77. The van der Waals surface area contributed by atoms with Gasteiger partial charge in [0, 0.05) is 23.3 Å². The Kier molecular flexibility index (Phi) is 5.60. The second kappa shape index (κ2) is 8.26. The first-order chi connectivity index (χ1) is 13.5. The third-order valence-electron chi connectivity index (χ3n) is 4.29. The zero-order valence-electron chi connectivity index (χ0n) is 15.1. The molecule has 0 aliphatic heterocycles. The van der Waals surface area contributed by atoms with Crippen molar-refractivity contribution in [3.05, 3.63) is 111 Å². The number of non-ortho nitro benzene ring substituents is 1. The minimum absolute atomic E-state index is 0.111. The molecular weight excluding hydrogens is 358 g/mol. The number of nitro benzene ring substituents is 1. The quantitative estimate of drug-likeness (QED) is 0.270. The predicted octanol–water partition coefficient (Wildman–Crippen LogP) is 4.68. The first kappa shape index (κ1) is 19.0. The summed E-state index contributed by atoms with van der Waals surface area (Å²) in [5.41, 5.74) is 1.71. The summed E-state index contributed by atoms with van der Waals surface area (Å²) in [5.74, 6) is -1.04. The molecule has 6 heteroatoms. The number of hydrogen-bond acceptors (Lipinski definition) is 5. The van der Waals surface area contributed by atoms with Crippen molar-refractivity contribution in [1.82, 2.24) is 0 Å². The van der Waals surface area contributed by atoms with Gasteiger partial charge < -0.3 is 4.74 Å². The Morgan fingerprint density at radius 1 is 0.893 bits per heavy atom. The summed E-state index contributed by atoms with van der Waals surface area (Å²) in [7, 11) is 0. The molecule has 0 aliphatic carbocycles. The molecule has 0 saturated carbocycles. The molecule has 0 radical (unpaired) electrons. The SMILES string of the molecule is Cc1ccccc1C(=O)O[C@H](C(=O)c1ccccc1)c1ccc([N+](=O)[O-])cc1. The number of aryl methyl sites for hydroxylation is 1. The average molecular weight is 375 g/mol. The molecule has 0 unspecified atom stereocenters. The highest BCUT2D eigenvalue weighted by molar-refractivity contribution is 6.02. The fraction of sp³-hybridized carbons (Fsp3) is 0.0909. The van der Waals surface area contributed by atoms with E-state index in [2.05, 4.69) is 0 Å². The first-order valence-corrected chi connectivity index (χ1v) is 8.57. The van der Waals surface area contributed by atoms with Crippen LogP contribution in [0.5, 0.6) is 0 Å². The van der Waals surface area contributed by atoms with Crippen LogP contribution in [0, 0.1) is 17.0 Å². The zero-order chi connectivity index (χ0) is 20.1. The van der Waals surface area contributed by atoms with Crippen molar-refractivity contribution in [1.29, 1.82) is 0 Å². The molecule has 0 spiro atoms. The monoisotopic (exact) mass is 375 g/mol. The Morgan fingerprint density at radius 3 is 2.11 bits per heavy atom. The number of esters is 1. The molecule has 6 nitrogen and oxygen atoms in total. The van der Waals surface area contributed by atoms with E-state index in [4.69, 9.17) is 4.74 Å². The lowest BCUT2D eigenvalue weighted by molar-refractivity contribution is -0.384. The average Bonchev–Trinajstić information content (AvgIpc) is 2.72. The first-order valence-electron chi connectivity index (χ1n) is 8.57. The fourth-order valence-corrected chi connectivity index (χ4v) is 2.77. The van der Waals surface area contributed by atoms with Crippen LogP contribution in [0.2, 0.25) is 0 Å². The van der Waals surface area contributed by atoms with Crippen molar-refractivity contribution in [2.75, 3.05) is 0 Å². The minimum Gasteiger partial charge on any atom is -0.445 e. The Balaban J connectivity index is 1.97. The minimum atomic E-state index is -1.21. The Morgan fingerprint density at radius 2 is 1.50 bits per heavy atom. The molecule has 0 saturated heterocycles. The van der Waals surface area contributed by atoms with Crippen molar-refractivity contribution >= 4 is 17.4 Å². The molecular formula is C22H17NO5. The molecule has 0 amide bonds. The van der Waals surface area contributed by atoms with Gasteiger partial charge in [-0.1, -0.05) is 48.5 Å². The van der Waals surface area contributed by atoms with Gasteiger partial charge in [-0.25, -0.2) is 4.79 Å². The van der Waals surface area contributed by atoms with Crippen molar-refractivity contribution < 1.29 is 19.2 Å². The van der Waals surface area contributed by atoms with E-state index in [1.807, 2.05) is 0 Å². The van der Waals surface area contributed by atoms with E-state index in [-0.39, 0.29) is 5.69 Å². The van der Waals surface area contributed by atoms with Crippen LogP contribution in [0.4, 0.5) is 5.69 Å². The zero-order valence-corrected chi connectivity index (χ0v) is 15.1. The summed E-state index contributed by atoms with van der Waals surface area (Å²) >= 11 is 0. The highest BCUT2D eigenvalue weighted by Gasteiger charge is 2.27. The number of ketones is 1. The molecule has 0 bridgehead atoms. The number of rotatable bonds is 6. The van der Waals surface area contributed by atoms with Gasteiger partial charge in [0.05, 0.1) is 10.5 Å². The molecule has 0 fully saturated rings. The smallest absolute Gasteiger partial charge is 0.339 e. The second-order valence-electron chi connectivity index (χ2n) is 6.18. The maximum Gasteiger partial charge on any atom is 0.339 e. The lowest BCUT2D eigenvalue weighted by Gasteiger charge is -2.18. The van der Waals surface area contributed by atoms with Crippen LogP contribution in [-0.2, 0) is 4.74 Å². The molecule has 3 aromatic carbocycles. The highest BCUT2D eigenvalue weighted by atomic mass is 16.6. The van der Waals surface area contributed by atoms with E-state index < -0.39 is 22.8 Å². The van der Waals surface area contributed by atoms with Gasteiger partial charge in [0.2, 0.25) is 5.78 Å². The summed E-state index contributed by atoms with van der Waals surface area (Å²) in [6.45, 7) is 1.77. The van der Waals surface area contributed by atoms with Crippen LogP contribution in [0.1, 0.15) is 37.9 Å². The molecule has 0 N–H and O–H groups in total. The number of nitrogens with zero attached hydrogens (tertiary/aromatic N) is 1. The van der Waals surface area contributed by atoms with E-state index in [0.717, 1.165) is 5.56 Å². The summed E-state index contributed by atoms with van der Waals surface area (Å²) in [4.78, 5) is 36.0. The van der Waals surface area contributed by atoms with Gasteiger partial charge in [0.25, 0.3) is 5.69 Å². The van der Waals surface area contributed by atoms with E-state index in [9.17, 15) is 19.7 Å². The second-order valence-corrected chi connectivity index (χ2v) is 6.18. The van der Waals surface area contributed by atoms with Gasteiger partial charge in [-0.2, -0.15) is 0 Å². The Hall–Kier alpha value is -3.80. The number of nitro groups is 1. The Labute approximate surface area is 161 Å². The summed E-state index contributed by atoms with van der Waals surface area (Å²) < 4.78 is 5.56. The van der Waals surface area contributed by atoms with Gasteiger partial charge in [-0.15, -0.1) is 0 Å². The van der Waals surface area contributed by atoms with Gasteiger partial charge in [-0.05, 0) is 30.7 Å². The third-order valence-corrected chi connectivity index (χ3v) is 4.29. The molecule has 0 aromatic heterocycles. The summed E-state index contributed by atoms with van der Waals surface area (Å²) in [6, 6.07) is 20.8. The lowest BCUT2D eigenvalue weighted by Crippen LogP contribution is -2.20. The van der Waals surface area contributed by atoms with Crippen molar-refractivity contribution in [3.8, 4) is 0 Å². The molecule has 0 aliphatic rings. The third kappa shape index (κ3) is 4.12. The van der Waals surface area contributed by atoms with Crippen LogP contribution >= 0.6 is 0 Å². The molecule has 1 atom stereocenters. The Bertz CT molecular complexity index is 1010. The van der Waals surface area contributed by atoms with Crippen LogP contribution in [-0.4, -0.2) is 16.7 Å². The van der Waals surface area contributed by atoms with Crippen LogP contribution in [0.15, 0.2) is 78.9 Å². The molecule has 140 valence electrons. The van der Waals surface area contributed by atoms with Crippen LogP contribution in [0.3, 0.4) is 0 Å². The normalized spacial score (nSPS) is 11.5. The number of carbonyl (C=O) groups is 2. The predicted molar refractivity (Wildman–Crippen MR) is 103 cm³/mol. The van der Waals surface area contributed by atoms with E-state index in [1.165, 1.54) is 24.3 Å². The van der Waals surface area contributed by atoms with E-state index in [1.54, 1.807) is 61.5 Å². The van der Waals surface area contributed by atoms with Gasteiger partial charge in [0.15, 0.2) is 6.10 Å². The topological polar surface area (TPSA) is 86.5 Å². The number of hydrogen-bond donors (Lipinski definition) is 0. The molecule has 3 aromatic rings. The maximum absolute atomic E-state index is 13.0. The van der Waals surface area contributed by atoms with E-state index in [0.29, 0.717) is 16.7 Å². The number of carbonyl (C=O) groups excluding carboxylic acids is 2. The highest BCUT2D eigenvalue weighted by Crippen LogP contribution is 2.26. The van der Waals surface area contributed by atoms with Gasteiger partial charge >= 0.3 is 5.97 Å². The van der Waals surface area contributed by atoms with Gasteiger partial charge in [-0.3, -0.25) is 14.9 Å².